The van der Waals surface area contributed by atoms with E-state index in [9.17, 15) is 18.3 Å². The molecule has 0 fully saturated rings. The minimum absolute atomic E-state index is 0.0914. The van der Waals surface area contributed by atoms with Crippen molar-refractivity contribution in [2.45, 2.75) is 4.90 Å². The number of rotatable bonds is 3. The predicted octanol–water partition coefficient (Wildman–Crippen LogP) is 3.97. The van der Waals surface area contributed by atoms with Gasteiger partial charge >= 0.3 is 0 Å². The Hall–Kier alpha value is -3.91. The summed E-state index contributed by atoms with van der Waals surface area (Å²) in [6, 6.07) is 13.2. The van der Waals surface area contributed by atoms with Crippen LogP contribution >= 0.6 is 0 Å². The maximum Gasteiger partial charge on any atom is 0.235 e. The molecule has 3 heterocycles. The molecule has 0 aliphatic carbocycles. The molecular weight excluding hydrogens is 428 g/mol. The number of phenolic OH excluding ortho intramolecular Hbond substituents is 1. The highest BCUT2D eigenvalue weighted by atomic mass is 32.2. The zero-order valence-electron chi connectivity index (χ0n) is 17.2. The van der Waals surface area contributed by atoms with Gasteiger partial charge in [-0.1, -0.05) is 18.2 Å². The zero-order chi connectivity index (χ0) is 22.6. The number of ketones is 1. The van der Waals surface area contributed by atoms with Gasteiger partial charge < -0.3 is 14.4 Å². The average Bonchev–Trinajstić information content (AvgIpc) is 3.25. The minimum Gasteiger partial charge on any atom is -0.507 e. The fraction of sp³-hybridized carbons (Fsp3) is 0.0833. The van der Waals surface area contributed by atoms with Crippen molar-refractivity contribution in [3.8, 4) is 22.6 Å². The van der Waals surface area contributed by atoms with Crippen LogP contribution in [0.3, 0.4) is 0 Å². The van der Waals surface area contributed by atoms with Crippen LogP contribution in [-0.2, 0) is 16.9 Å². The van der Waals surface area contributed by atoms with Gasteiger partial charge in [-0.15, -0.1) is 0 Å². The Morgan fingerprint density at radius 3 is 2.66 bits per heavy atom. The van der Waals surface area contributed by atoms with Crippen molar-refractivity contribution in [3.05, 3.63) is 77.8 Å². The van der Waals surface area contributed by atoms with Gasteiger partial charge in [0, 0.05) is 36.6 Å². The molecule has 0 amide bonds. The SMILES string of the molecule is Cn1cc(C=C2Oc3cccc(O)c3C2=O)c2c(-c3cccc(S(C)(=O)=O)c3)ccnc21. The first-order valence-corrected chi connectivity index (χ1v) is 11.6. The Morgan fingerprint density at radius 1 is 1.12 bits per heavy atom. The van der Waals surface area contributed by atoms with E-state index in [1.54, 1.807) is 42.6 Å². The van der Waals surface area contributed by atoms with Gasteiger partial charge in [-0.3, -0.25) is 4.79 Å². The van der Waals surface area contributed by atoms with E-state index in [-0.39, 0.29) is 22.0 Å². The number of hydrogen-bond acceptors (Lipinski definition) is 6. The topological polar surface area (TPSA) is 98.5 Å². The van der Waals surface area contributed by atoms with Gasteiger partial charge in [-0.25, -0.2) is 13.4 Å². The first-order valence-electron chi connectivity index (χ1n) is 9.75. The van der Waals surface area contributed by atoms with Crippen LogP contribution in [0, 0.1) is 0 Å². The van der Waals surface area contributed by atoms with Crippen LogP contribution in [-0.4, -0.2) is 35.1 Å². The quantitative estimate of drug-likeness (QED) is 0.478. The summed E-state index contributed by atoms with van der Waals surface area (Å²) in [5.41, 5.74) is 2.98. The molecule has 0 bridgehead atoms. The Morgan fingerprint density at radius 2 is 1.91 bits per heavy atom. The fourth-order valence-electron chi connectivity index (χ4n) is 3.94. The van der Waals surface area contributed by atoms with Crippen LogP contribution in [0.2, 0.25) is 0 Å². The Balaban J connectivity index is 1.70. The molecule has 1 aliphatic rings. The summed E-state index contributed by atoms with van der Waals surface area (Å²) < 4.78 is 31.6. The lowest BCUT2D eigenvalue weighted by Crippen LogP contribution is -1.98. The van der Waals surface area contributed by atoms with E-state index in [0.29, 0.717) is 22.5 Å². The molecule has 32 heavy (non-hydrogen) atoms. The summed E-state index contributed by atoms with van der Waals surface area (Å²) in [6.07, 6.45) is 6.28. The highest BCUT2D eigenvalue weighted by molar-refractivity contribution is 7.90. The lowest BCUT2D eigenvalue weighted by atomic mass is 10.0. The monoisotopic (exact) mass is 446 g/mol. The average molecular weight is 446 g/mol. The molecule has 160 valence electrons. The van der Waals surface area contributed by atoms with E-state index in [1.165, 1.54) is 12.3 Å². The van der Waals surface area contributed by atoms with Crippen molar-refractivity contribution in [3.63, 3.8) is 0 Å². The smallest absolute Gasteiger partial charge is 0.235 e. The number of aromatic hydroxyl groups is 1. The lowest BCUT2D eigenvalue weighted by Gasteiger charge is -2.07. The van der Waals surface area contributed by atoms with Crippen LogP contribution in [0.15, 0.2) is 71.6 Å². The second-order valence-electron chi connectivity index (χ2n) is 7.64. The van der Waals surface area contributed by atoms with Gasteiger partial charge in [0.15, 0.2) is 15.6 Å². The molecular formula is C24H18N2O5S. The van der Waals surface area contributed by atoms with E-state index < -0.39 is 15.6 Å². The van der Waals surface area contributed by atoms with Gasteiger partial charge in [0.05, 0.1) is 4.90 Å². The van der Waals surface area contributed by atoms with E-state index in [1.807, 2.05) is 29.9 Å². The van der Waals surface area contributed by atoms with Crippen molar-refractivity contribution in [1.29, 1.82) is 0 Å². The number of nitrogens with zero attached hydrogens (tertiary/aromatic N) is 2. The number of carbonyl (C=O) groups is 1. The molecule has 8 heteroatoms. The molecule has 0 radical (unpaired) electrons. The third kappa shape index (κ3) is 3.16. The van der Waals surface area contributed by atoms with Crippen molar-refractivity contribution in [2.24, 2.45) is 7.05 Å². The maximum atomic E-state index is 12.8. The molecule has 0 saturated heterocycles. The van der Waals surface area contributed by atoms with Crippen LogP contribution < -0.4 is 4.74 Å². The highest BCUT2D eigenvalue weighted by Crippen LogP contribution is 2.39. The number of Topliss-reactive ketones (excluding diaryl/α,β-unsaturated/α-hetero) is 1. The zero-order valence-corrected chi connectivity index (χ0v) is 18.1. The largest absolute Gasteiger partial charge is 0.507 e. The summed E-state index contributed by atoms with van der Waals surface area (Å²) >= 11 is 0. The molecule has 0 spiro atoms. The van der Waals surface area contributed by atoms with E-state index in [4.69, 9.17) is 4.74 Å². The molecule has 2 aromatic heterocycles. The minimum atomic E-state index is -3.37. The third-order valence-corrected chi connectivity index (χ3v) is 6.53. The Labute approximate surface area is 184 Å². The number of aromatic nitrogens is 2. The molecule has 0 saturated carbocycles. The second kappa shape index (κ2) is 7.06. The molecule has 0 unspecified atom stereocenters. The molecule has 0 atom stereocenters. The number of allylic oxidation sites excluding steroid dienone is 1. The van der Waals surface area contributed by atoms with Gasteiger partial charge in [0.1, 0.15) is 22.7 Å². The maximum absolute atomic E-state index is 12.8. The van der Waals surface area contributed by atoms with E-state index in [0.717, 1.165) is 10.9 Å². The van der Waals surface area contributed by atoms with E-state index >= 15 is 0 Å². The van der Waals surface area contributed by atoms with Gasteiger partial charge in [-0.05, 0) is 47.5 Å². The van der Waals surface area contributed by atoms with Gasteiger partial charge in [-0.2, -0.15) is 0 Å². The van der Waals surface area contributed by atoms with Crippen LogP contribution in [0.1, 0.15) is 15.9 Å². The number of fused-ring (bicyclic) bond motifs is 2. The van der Waals surface area contributed by atoms with Gasteiger partial charge in [0.25, 0.3) is 0 Å². The van der Waals surface area contributed by atoms with Crippen LogP contribution in [0.25, 0.3) is 28.2 Å². The molecule has 4 aromatic rings. The summed E-state index contributed by atoms with van der Waals surface area (Å²) in [6.45, 7) is 0. The predicted molar refractivity (Wildman–Crippen MR) is 120 cm³/mol. The summed E-state index contributed by atoms with van der Waals surface area (Å²) in [4.78, 5) is 17.5. The summed E-state index contributed by atoms with van der Waals surface area (Å²) in [5, 5.41) is 10.8. The summed E-state index contributed by atoms with van der Waals surface area (Å²) in [5.74, 6) is -0.136. The van der Waals surface area contributed by atoms with Gasteiger partial charge in [0.2, 0.25) is 5.78 Å². The number of ether oxygens (including phenoxy) is 1. The van der Waals surface area contributed by atoms with Crippen LogP contribution in [0.5, 0.6) is 11.5 Å². The van der Waals surface area contributed by atoms with Crippen molar-refractivity contribution in [2.75, 3.05) is 6.26 Å². The first-order chi connectivity index (χ1) is 15.2. The third-order valence-electron chi connectivity index (χ3n) is 5.42. The number of pyridine rings is 1. The molecule has 7 nitrogen and oxygen atoms in total. The van der Waals surface area contributed by atoms with Crippen LogP contribution in [0.4, 0.5) is 0 Å². The number of aryl methyl sites for hydroxylation is 1. The van der Waals surface area contributed by atoms with E-state index in [2.05, 4.69) is 4.98 Å². The molecule has 1 N–H and O–H groups in total. The number of benzene rings is 2. The van der Waals surface area contributed by atoms with Crippen molar-refractivity contribution < 1.29 is 23.1 Å². The Kier molecular flexibility index (Phi) is 4.42. The normalized spacial score (nSPS) is 14.7. The van der Waals surface area contributed by atoms with Crippen molar-refractivity contribution >= 4 is 32.7 Å². The molecule has 2 aromatic carbocycles. The standard InChI is InChI=1S/C24H18N2O5S/c1-26-13-15(12-20-23(28)22-18(27)7-4-8-19(22)31-20)21-17(9-10-25-24(21)26)14-5-3-6-16(11-14)32(2,29)30/h3-13,27H,1-2H3. The fourth-order valence-corrected chi connectivity index (χ4v) is 4.61. The number of phenols is 1. The highest BCUT2D eigenvalue weighted by Gasteiger charge is 2.30. The Bertz CT molecular complexity index is 1560. The number of hydrogen-bond donors (Lipinski definition) is 1. The number of sulfone groups is 1. The molecule has 1 aliphatic heterocycles. The molecule has 5 rings (SSSR count). The lowest BCUT2D eigenvalue weighted by molar-refractivity contribution is 0.101. The first kappa shape index (κ1) is 20.0. The second-order valence-corrected chi connectivity index (χ2v) is 9.66. The number of carbonyl (C=O) groups excluding carboxylic acids is 1. The van der Waals surface area contributed by atoms with Crippen molar-refractivity contribution in [1.82, 2.24) is 9.55 Å². The summed E-state index contributed by atoms with van der Waals surface area (Å²) in [7, 11) is -1.53.